The van der Waals surface area contributed by atoms with Gasteiger partial charge in [-0.05, 0) is 31.1 Å². The third kappa shape index (κ3) is 11.5. The predicted molar refractivity (Wildman–Crippen MR) is 71.0 cm³/mol. The number of nitrogens with one attached hydrogen (secondary N) is 2. The molecule has 0 heterocycles. The third-order valence-electron chi connectivity index (χ3n) is 2.62. The maximum absolute atomic E-state index is 11.3. The second kappa shape index (κ2) is 8.34. The van der Waals surface area contributed by atoms with E-state index in [0.29, 0.717) is 24.9 Å². The van der Waals surface area contributed by atoms with Gasteiger partial charge in [0.1, 0.15) is 0 Å². The quantitative estimate of drug-likeness (QED) is 0.602. The average Bonchev–Trinajstić information content (AvgIpc) is 2.23. The molecule has 3 N–H and O–H groups in total. The monoisotopic (exact) mass is 244 g/mol. The van der Waals surface area contributed by atoms with Gasteiger partial charge in [0.25, 0.3) is 0 Å². The van der Waals surface area contributed by atoms with Crippen LogP contribution < -0.4 is 10.6 Å². The Morgan fingerprint density at radius 3 is 2.35 bits per heavy atom. The highest BCUT2D eigenvalue weighted by Gasteiger charge is 2.09. The molecule has 0 aliphatic rings. The SMILES string of the molecule is CCC(O)CCNC(=O)NCCCC(C)(C)C. The van der Waals surface area contributed by atoms with Gasteiger partial charge in [-0.3, -0.25) is 0 Å². The first-order chi connectivity index (χ1) is 7.85. The van der Waals surface area contributed by atoms with Gasteiger partial charge in [-0.2, -0.15) is 0 Å². The molecule has 17 heavy (non-hydrogen) atoms. The van der Waals surface area contributed by atoms with Crippen LogP contribution in [0.4, 0.5) is 4.79 Å². The number of carbonyl (C=O) groups excluding carboxylic acids is 1. The van der Waals surface area contributed by atoms with Crippen LogP contribution in [-0.4, -0.2) is 30.3 Å². The van der Waals surface area contributed by atoms with Crippen LogP contribution in [0.15, 0.2) is 0 Å². The van der Waals surface area contributed by atoms with Crippen molar-refractivity contribution in [3.8, 4) is 0 Å². The highest BCUT2D eigenvalue weighted by molar-refractivity contribution is 5.73. The Morgan fingerprint density at radius 2 is 1.82 bits per heavy atom. The fourth-order valence-electron chi connectivity index (χ4n) is 1.44. The first-order valence-electron chi connectivity index (χ1n) is 6.55. The van der Waals surface area contributed by atoms with Gasteiger partial charge >= 0.3 is 6.03 Å². The van der Waals surface area contributed by atoms with E-state index >= 15 is 0 Å². The summed E-state index contributed by atoms with van der Waals surface area (Å²) in [4.78, 5) is 11.3. The van der Waals surface area contributed by atoms with E-state index in [2.05, 4.69) is 31.4 Å². The molecule has 0 bridgehead atoms. The second-order valence-corrected chi connectivity index (χ2v) is 5.70. The van der Waals surface area contributed by atoms with Crippen LogP contribution >= 0.6 is 0 Å². The molecule has 1 atom stereocenters. The highest BCUT2D eigenvalue weighted by atomic mass is 16.3. The minimum Gasteiger partial charge on any atom is -0.393 e. The molecule has 0 aromatic carbocycles. The maximum atomic E-state index is 11.3. The molecule has 0 radical (unpaired) electrons. The lowest BCUT2D eigenvalue weighted by Gasteiger charge is -2.17. The van der Waals surface area contributed by atoms with Gasteiger partial charge < -0.3 is 15.7 Å². The molecule has 102 valence electrons. The van der Waals surface area contributed by atoms with Crippen LogP contribution in [0.2, 0.25) is 0 Å². The van der Waals surface area contributed by atoms with E-state index in [0.717, 1.165) is 19.3 Å². The fraction of sp³-hybridized carbons (Fsp3) is 0.923. The lowest BCUT2D eigenvalue weighted by atomic mass is 9.91. The number of urea groups is 1. The van der Waals surface area contributed by atoms with Gasteiger partial charge in [0, 0.05) is 13.1 Å². The molecule has 0 spiro atoms. The number of rotatable bonds is 7. The summed E-state index contributed by atoms with van der Waals surface area (Å²) in [5, 5.41) is 14.9. The molecule has 4 nitrogen and oxygen atoms in total. The minimum atomic E-state index is -0.309. The fourth-order valence-corrected chi connectivity index (χ4v) is 1.44. The second-order valence-electron chi connectivity index (χ2n) is 5.70. The van der Waals surface area contributed by atoms with Crippen LogP contribution in [-0.2, 0) is 0 Å². The Balaban J connectivity index is 3.41. The van der Waals surface area contributed by atoms with Crippen molar-refractivity contribution in [1.82, 2.24) is 10.6 Å². The van der Waals surface area contributed by atoms with E-state index in [1.807, 2.05) is 6.92 Å². The molecule has 1 unspecified atom stereocenters. The number of hydrogen-bond donors (Lipinski definition) is 3. The van der Waals surface area contributed by atoms with Crippen LogP contribution in [0.5, 0.6) is 0 Å². The zero-order valence-electron chi connectivity index (χ0n) is 11.7. The Morgan fingerprint density at radius 1 is 1.24 bits per heavy atom. The smallest absolute Gasteiger partial charge is 0.314 e. The van der Waals surface area contributed by atoms with Crippen molar-refractivity contribution in [3.05, 3.63) is 0 Å². The van der Waals surface area contributed by atoms with E-state index in [4.69, 9.17) is 0 Å². The van der Waals surface area contributed by atoms with Crippen LogP contribution in [0.25, 0.3) is 0 Å². The number of amides is 2. The molecule has 0 aliphatic heterocycles. The van der Waals surface area contributed by atoms with Gasteiger partial charge in [0.2, 0.25) is 0 Å². The summed E-state index contributed by atoms with van der Waals surface area (Å²) in [7, 11) is 0. The van der Waals surface area contributed by atoms with Crippen LogP contribution in [0.3, 0.4) is 0 Å². The first kappa shape index (κ1) is 16.2. The lowest BCUT2D eigenvalue weighted by molar-refractivity contribution is 0.160. The number of carbonyl (C=O) groups is 1. The van der Waals surface area contributed by atoms with Crippen molar-refractivity contribution in [2.75, 3.05) is 13.1 Å². The summed E-state index contributed by atoms with van der Waals surface area (Å²) in [5.41, 5.74) is 0.323. The molecule has 0 rings (SSSR count). The van der Waals surface area contributed by atoms with Crippen LogP contribution in [0, 0.1) is 5.41 Å². The van der Waals surface area contributed by atoms with Crippen molar-refractivity contribution < 1.29 is 9.90 Å². The Bertz CT molecular complexity index is 212. The van der Waals surface area contributed by atoms with E-state index < -0.39 is 0 Å². The summed E-state index contributed by atoms with van der Waals surface area (Å²) in [5.74, 6) is 0. The average molecular weight is 244 g/mol. The van der Waals surface area contributed by atoms with Gasteiger partial charge in [-0.25, -0.2) is 4.79 Å². The number of aliphatic hydroxyl groups is 1. The van der Waals surface area contributed by atoms with E-state index in [1.165, 1.54) is 0 Å². The van der Waals surface area contributed by atoms with Gasteiger partial charge in [0.15, 0.2) is 0 Å². The summed E-state index contributed by atoms with van der Waals surface area (Å²) in [6.45, 7) is 9.74. The maximum Gasteiger partial charge on any atom is 0.314 e. The molecule has 0 saturated heterocycles. The standard InChI is InChI=1S/C13H28N2O2/c1-5-11(16)7-10-15-12(17)14-9-6-8-13(2,3)4/h11,16H,5-10H2,1-4H3,(H2,14,15,17). The minimum absolute atomic E-state index is 0.137. The van der Waals surface area contributed by atoms with Gasteiger partial charge in [-0.15, -0.1) is 0 Å². The first-order valence-corrected chi connectivity index (χ1v) is 6.55. The molecular weight excluding hydrogens is 216 g/mol. The molecule has 0 aromatic rings. The Kier molecular flexibility index (Phi) is 7.96. The van der Waals surface area contributed by atoms with Gasteiger partial charge in [-0.1, -0.05) is 27.7 Å². The zero-order valence-corrected chi connectivity index (χ0v) is 11.7. The summed E-state index contributed by atoms with van der Waals surface area (Å²) < 4.78 is 0. The third-order valence-corrected chi connectivity index (χ3v) is 2.62. The molecular formula is C13H28N2O2. The van der Waals surface area contributed by atoms with Crippen molar-refractivity contribution >= 4 is 6.03 Å². The topological polar surface area (TPSA) is 61.4 Å². The predicted octanol–water partition coefficient (Wildman–Crippen LogP) is 2.27. The van der Waals surface area contributed by atoms with Crippen molar-refractivity contribution in [3.63, 3.8) is 0 Å². The van der Waals surface area contributed by atoms with E-state index in [9.17, 15) is 9.90 Å². The van der Waals surface area contributed by atoms with Crippen LogP contribution in [0.1, 0.15) is 53.4 Å². The van der Waals surface area contributed by atoms with Crippen molar-refractivity contribution in [1.29, 1.82) is 0 Å². The molecule has 0 aromatic heterocycles. The van der Waals surface area contributed by atoms with Crippen molar-refractivity contribution in [2.45, 2.75) is 59.5 Å². The number of aliphatic hydroxyl groups excluding tert-OH is 1. The molecule has 0 aliphatic carbocycles. The highest BCUT2D eigenvalue weighted by Crippen LogP contribution is 2.19. The zero-order chi connectivity index (χ0) is 13.3. The lowest BCUT2D eigenvalue weighted by Crippen LogP contribution is -2.37. The largest absolute Gasteiger partial charge is 0.393 e. The summed E-state index contributed by atoms with van der Waals surface area (Å²) in [6, 6.07) is -0.137. The van der Waals surface area contributed by atoms with Gasteiger partial charge in [0.05, 0.1) is 6.10 Å². The molecule has 0 saturated carbocycles. The molecule has 4 heteroatoms. The van der Waals surface area contributed by atoms with Crippen molar-refractivity contribution in [2.24, 2.45) is 5.41 Å². The molecule has 0 fully saturated rings. The number of hydrogen-bond acceptors (Lipinski definition) is 2. The summed E-state index contributed by atoms with van der Waals surface area (Å²) >= 11 is 0. The Hall–Kier alpha value is -0.770. The Labute approximate surface area is 105 Å². The normalized spacial score (nSPS) is 13.2. The van der Waals surface area contributed by atoms with E-state index in [-0.39, 0.29) is 12.1 Å². The molecule has 2 amide bonds. The summed E-state index contributed by atoms with van der Waals surface area (Å²) in [6.07, 6.45) is 3.13. The van der Waals surface area contributed by atoms with E-state index in [1.54, 1.807) is 0 Å².